The van der Waals surface area contributed by atoms with Crippen LogP contribution in [0, 0.1) is 0 Å². The zero-order valence-corrected chi connectivity index (χ0v) is 8.55. The highest BCUT2D eigenvalue weighted by atomic mass is 19.3. The SMILES string of the molecule is OCCN(CC(F)F)c1ncc(CO)cn1. The average Bonchev–Trinajstić information content (AvgIpc) is 2.28. The van der Waals surface area contributed by atoms with Crippen LogP contribution in [0.4, 0.5) is 14.7 Å². The Morgan fingerprint density at radius 3 is 2.31 bits per heavy atom. The Morgan fingerprint density at radius 2 is 1.88 bits per heavy atom. The maximum absolute atomic E-state index is 12.2. The molecule has 0 saturated heterocycles. The summed E-state index contributed by atoms with van der Waals surface area (Å²) in [4.78, 5) is 8.85. The fourth-order valence-electron chi connectivity index (χ4n) is 1.15. The van der Waals surface area contributed by atoms with Gasteiger partial charge in [-0.25, -0.2) is 18.7 Å². The second-order valence-corrected chi connectivity index (χ2v) is 3.11. The summed E-state index contributed by atoms with van der Waals surface area (Å²) in [5.41, 5.74) is 0.504. The summed E-state index contributed by atoms with van der Waals surface area (Å²) in [6.45, 7) is -0.936. The molecule has 1 aromatic rings. The largest absolute Gasteiger partial charge is 0.395 e. The highest BCUT2D eigenvalue weighted by molar-refractivity contribution is 5.29. The molecule has 0 fully saturated rings. The van der Waals surface area contributed by atoms with Crippen molar-refractivity contribution < 1.29 is 19.0 Å². The van der Waals surface area contributed by atoms with Crippen LogP contribution >= 0.6 is 0 Å². The first-order valence-corrected chi connectivity index (χ1v) is 4.73. The molecule has 0 aliphatic carbocycles. The summed E-state index contributed by atoms with van der Waals surface area (Å²) in [7, 11) is 0. The molecule has 0 aliphatic rings. The summed E-state index contributed by atoms with van der Waals surface area (Å²) >= 11 is 0. The van der Waals surface area contributed by atoms with Crippen molar-refractivity contribution in [1.82, 2.24) is 9.97 Å². The van der Waals surface area contributed by atoms with Crippen molar-refractivity contribution in [1.29, 1.82) is 0 Å². The molecular weight excluding hydrogens is 220 g/mol. The van der Waals surface area contributed by atoms with Gasteiger partial charge in [-0.3, -0.25) is 0 Å². The van der Waals surface area contributed by atoms with E-state index in [2.05, 4.69) is 9.97 Å². The Balaban J connectivity index is 2.75. The summed E-state index contributed by atoms with van der Waals surface area (Å²) < 4.78 is 24.4. The molecule has 0 saturated carbocycles. The van der Waals surface area contributed by atoms with E-state index in [-0.39, 0.29) is 25.7 Å². The number of anilines is 1. The van der Waals surface area contributed by atoms with Gasteiger partial charge in [0, 0.05) is 24.5 Å². The monoisotopic (exact) mass is 233 g/mol. The van der Waals surface area contributed by atoms with Gasteiger partial charge in [-0.2, -0.15) is 0 Å². The van der Waals surface area contributed by atoms with Crippen molar-refractivity contribution in [2.45, 2.75) is 13.0 Å². The van der Waals surface area contributed by atoms with Gasteiger partial charge in [-0.15, -0.1) is 0 Å². The standard InChI is InChI=1S/C9H13F2N3O2/c10-8(11)5-14(1-2-15)9-12-3-7(6-16)4-13-9/h3-4,8,15-16H,1-2,5-6H2. The number of hydrogen-bond acceptors (Lipinski definition) is 5. The second kappa shape index (κ2) is 6.29. The lowest BCUT2D eigenvalue weighted by Gasteiger charge is -2.20. The Bertz CT molecular complexity index is 308. The molecule has 2 N–H and O–H groups in total. The van der Waals surface area contributed by atoms with Crippen molar-refractivity contribution in [2.75, 3.05) is 24.6 Å². The smallest absolute Gasteiger partial charge is 0.255 e. The Hall–Kier alpha value is -1.34. The van der Waals surface area contributed by atoms with Gasteiger partial charge >= 0.3 is 0 Å². The number of aliphatic hydroxyl groups is 2. The molecule has 0 unspecified atom stereocenters. The second-order valence-electron chi connectivity index (χ2n) is 3.11. The molecule has 16 heavy (non-hydrogen) atoms. The van der Waals surface area contributed by atoms with E-state index in [4.69, 9.17) is 10.2 Å². The van der Waals surface area contributed by atoms with Gasteiger partial charge in [0.2, 0.25) is 5.95 Å². The normalized spacial score (nSPS) is 10.8. The van der Waals surface area contributed by atoms with E-state index in [0.29, 0.717) is 5.56 Å². The molecule has 1 aromatic heterocycles. The lowest BCUT2D eigenvalue weighted by molar-refractivity contribution is 0.152. The first-order valence-electron chi connectivity index (χ1n) is 4.73. The van der Waals surface area contributed by atoms with E-state index < -0.39 is 13.0 Å². The molecule has 7 heteroatoms. The minimum atomic E-state index is -2.52. The van der Waals surface area contributed by atoms with Gasteiger partial charge in [0.15, 0.2) is 0 Å². The maximum atomic E-state index is 12.2. The van der Waals surface area contributed by atoms with Gasteiger partial charge in [0.1, 0.15) is 0 Å². The molecule has 5 nitrogen and oxygen atoms in total. The minimum absolute atomic E-state index is 0.0445. The summed E-state index contributed by atoms with van der Waals surface area (Å²) in [5.74, 6) is 0.117. The molecular formula is C9H13F2N3O2. The molecule has 0 amide bonds. The number of halogens is 2. The predicted molar refractivity (Wildman–Crippen MR) is 53.3 cm³/mol. The predicted octanol–water partition coefficient (Wildman–Crippen LogP) is 0.0327. The molecule has 1 rings (SSSR count). The van der Waals surface area contributed by atoms with Gasteiger partial charge < -0.3 is 15.1 Å². The van der Waals surface area contributed by atoms with Crippen molar-refractivity contribution in [3.63, 3.8) is 0 Å². The van der Waals surface area contributed by atoms with E-state index in [1.807, 2.05) is 0 Å². The van der Waals surface area contributed by atoms with Crippen molar-refractivity contribution >= 4 is 5.95 Å². The Morgan fingerprint density at radius 1 is 1.25 bits per heavy atom. The number of alkyl halides is 2. The molecule has 1 heterocycles. The number of hydrogen-bond donors (Lipinski definition) is 2. The van der Waals surface area contributed by atoms with Crippen LogP contribution in [0.15, 0.2) is 12.4 Å². The fraction of sp³-hybridized carbons (Fsp3) is 0.556. The molecule has 90 valence electrons. The summed E-state index contributed by atoms with van der Waals surface area (Å²) in [6.07, 6.45) is 0.198. The van der Waals surface area contributed by atoms with Gasteiger partial charge in [0.25, 0.3) is 6.43 Å². The topological polar surface area (TPSA) is 69.5 Å². The molecule has 0 aromatic carbocycles. The van der Waals surface area contributed by atoms with Crippen LogP contribution in [0.5, 0.6) is 0 Å². The van der Waals surface area contributed by atoms with Crippen LogP contribution < -0.4 is 4.90 Å². The highest BCUT2D eigenvalue weighted by Gasteiger charge is 2.14. The molecule has 0 spiro atoms. The van der Waals surface area contributed by atoms with Crippen LogP contribution in [0.25, 0.3) is 0 Å². The molecule has 0 atom stereocenters. The Kier molecular flexibility index (Phi) is 5.00. The average molecular weight is 233 g/mol. The third-order valence-electron chi connectivity index (χ3n) is 1.89. The minimum Gasteiger partial charge on any atom is -0.395 e. The van der Waals surface area contributed by atoms with E-state index in [0.717, 1.165) is 0 Å². The van der Waals surface area contributed by atoms with E-state index in [9.17, 15) is 8.78 Å². The quantitative estimate of drug-likeness (QED) is 0.725. The van der Waals surface area contributed by atoms with Gasteiger partial charge in [0.05, 0.1) is 19.8 Å². The first-order chi connectivity index (χ1) is 7.67. The summed E-state index contributed by atoms with van der Waals surface area (Å²) in [5, 5.41) is 17.5. The van der Waals surface area contributed by atoms with Crippen LogP contribution in [-0.4, -0.2) is 46.3 Å². The number of nitrogens with zero attached hydrogens (tertiary/aromatic N) is 3. The van der Waals surface area contributed by atoms with Crippen LogP contribution in [0.1, 0.15) is 5.56 Å². The van der Waals surface area contributed by atoms with Crippen molar-refractivity contribution in [3.8, 4) is 0 Å². The number of aromatic nitrogens is 2. The van der Waals surface area contributed by atoms with Gasteiger partial charge in [-0.05, 0) is 0 Å². The third kappa shape index (κ3) is 3.67. The highest BCUT2D eigenvalue weighted by Crippen LogP contribution is 2.09. The first kappa shape index (κ1) is 12.7. The third-order valence-corrected chi connectivity index (χ3v) is 1.89. The molecule has 0 radical (unpaired) electrons. The van der Waals surface area contributed by atoms with Crippen molar-refractivity contribution in [2.24, 2.45) is 0 Å². The number of rotatable bonds is 6. The van der Waals surface area contributed by atoms with E-state index in [1.54, 1.807) is 0 Å². The molecule has 0 aliphatic heterocycles. The zero-order chi connectivity index (χ0) is 12.0. The number of aliphatic hydroxyl groups excluding tert-OH is 2. The molecule has 0 bridgehead atoms. The summed E-state index contributed by atoms with van der Waals surface area (Å²) in [6, 6.07) is 0. The zero-order valence-electron chi connectivity index (χ0n) is 8.55. The lowest BCUT2D eigenvalue weighted by atomic mass is 10.4. The maximum Gasteiger partial charge on any atom is 0.255 e. The Labute approximate surface area is 91.4 Å². The van der Waals surface area contributed by atoms with Crippen LogP contribution in [0.2, 0.25) is 0 Å². The van der Waals surface area contributed by atoms with Gasteiger partial charge in [-0.1, -0.05) is 0 Å². The van der Waals surface area contributed by atoms with E-state index >= 15 is 0 Å². The van der Waals surface area contributed by atoms with Crippen molar-refractivity contribution in [3.05, 3.63) is 18.0 Å². The van der Waals surface area contributed by atoms with E-state index in [1.165, 1.54) is 17.3 Å². The van der Waals surface area contributed by atoms with Crippen LogP contribution in [0.3, 0.4) is 0 Å². The lowest BCUT2D eigenvalue weighted by Crippen LogP contribution is -2.33. The fourth-order valence-corrected chi connectivity index (χ4v) is 1.15. The van der Waals surface area contributed by atoms with Crippen LogP contribution in [-0.2, 0) is 6.61 Å².